The molecule has 0 spiro atoms. The molecule has 0 radical (unpaired) electrons. The lowest BCUT2D eigenvalue weighted by Gasteiger charge is -2.26. The molecule has 0 aliphatic heterocycles. The second-order valence-electron chi connectivity index (χ2n) is 3.91. The summed E-state index contributed by atoms with van der Waals surface area (Å²) in [6.07, 6.45) is 0.318. The highest BCUT2D eigenvalue weighted by Crippen LogP contribution is 2.30. The summed E-state index contributed by atoms with van der Waals surface area (Å²) in [5.41, 5.74) is -0.634. The molecule has 94 valence electrons. The number of benzene rings is 1. The van der Waals surface area contributed by atoms with Crippen molar-refractivity contribution in [2.45, 2.75) is 32.3 Å². The number of carbonyl (C=O) groups excluding carboxylic acids is 1. The zero-order chi connectivity index (χ0) is 12.9. The summed E-state index contributed by atoms with van der Waals surface area (Å²) in [5.74, 6) is -0.298. The molecule has 0 saturated carbocycles. The fourth-order valence-electron chi connectivity index (χ4n) is 1.65. The summed E-state index contributed by atoms with van der Waals surface area (Å²) in [4.78, 5) is 11.4. The zero-order valence-corrected chi connectivity index (χ0v) is 10.1. The van der Waals surface area contributed by atoms with Crippen LogP contribution in [0.15, 0.2) is 24.3 Å². The monoisotopic (exact) mass is 238 g/mol. The van der Waals surface area contributed by atoms with E-state index in [1.54, 1.807) is 26.0 Å². The predicted octanol–water partition coefficient (Wildman–Crippen LogP) is 1.94. The highest BCUT2D eigenvalue weighted by molar-refractivity contribution is 5.71. The maximum Gasteiger partial charge on any atom is 0.309 e. The van der Waals surface area contributed by atoms with Crippen molar-refractivity contribution in [3.63, 3.8) is 0 Å². The van der Waals surface area contributed by atoms with Crippen LogP contribution in [0.5, 0.6) is 5.75 Å². The molecule has 0 heterocycles. The Morgan fingerprint density at radius 2 is 1.88 bits per heavy atom. The first-order valence-corrected chi connectivity index (χ1v) is 5.69. The molecule has 1 atom stereocenters. The van der Waals surface area contributed by atoms with Gasteiger partial charge in [0.2, 0.25) is 0 Å². The maximum atomic E-state index is 11.4. The third kappa shape index (κ3) is 3.46. The van der Waals surface area contributed by atoms with Gasteiger partial charge < -0.3 is 14.9 Å². The second-order valence-corrected chi connectivity index (χ2v) is 3.91. The molecule has 2 N–H and O–H groups in total. The van der Waals surface area contributed by atoms with Gasteiger partial charge >= 0.3 is 5.97 Å². The fourth-order valence-corrected chi connectivity index (χ4v) is 1.65. The minimum absolute atomic E-state index is 0.0812. The van der Waals surface area contributed by atoms with Crippen LogP contribution in [0, 0.1) is 0 Å². The van der Waals surface area contributed by atoms with E-state index in [4.69, 9.17) is 4.74 Å². The molecular weight excluding hydrogens is 220 g/mol. The minimum atomic E-state index is -1.24. The second kappa shape index (κ2) is 5.68. The smallest absolute Gasteiger partial charge is 0.309 e. The van der Waals surface area contributed by atoms with Crippen molar-refractivity contribution in [2.75, 3.05) is 6.61 Å². The average Bonchev–Trinajstić information content (AvgIpc) is 2.30. The molecule has 0 saturated heterocycles. The number of phenolic OH excluding ortho intramolecular Hbond substituents is 1. The Morgan fingerprint density at radius 3 is 2.35 bits per heavy atom. The molecule has 0 aliphatic carbocycles. The van der Waals surface area contributed by atoms with Crippen LogP contribution in [-0.4, -0.2) is 22.8 Å². The van der Waals surface area contributed by atoms with Crippen LogP contribution >= 0.6 is 0 Å². The van der Waals surface area contributed by atoms with Crippen molar-refractivity contribution >= 4 is 5.97 Å². The lowest BCUT2D eigenvalue weighted by molar-refractivity contribution is -0.149. The predicted molar refractivity (Wildman–Crippen MR) is 63.5 cm³/mol. The first-order valence-electron chi connectivity index (χ1n) is 5.69. The molecule has 4 nitrogen and oxygen atoms in total. The van der Waals surface area contributed by atoms with E-state index in [1.165, 1.54) is 12.1 Å². The number of phenols is 1. The molecule has 0 aromatic heterocycles. The number of esters is 1. The normalized spacial score (nSPS) is 14.1. The van der Waals surface area contributed by atoms with Crippen LogP contribution < -0.4 is 0 Å². The number of hydrogen-bond acceptors (Lipinski definition) is 4. The van der Waals surface area contributed by atoms with E-state index in [2.05, 4.69) is 0 Å². The van der Waals surface area contributed by atoms with Gasteiger partial charge in [0.15, 0.2) is 0 Å². The third-order valence-electron chi connectivity index (χ3n) is 2.73. The number of ether oxygens (including phenoxy) is 1. The standard InChI is InChI=1S/C13H18O4/c1-3-13(16,9-12(15)17-4-2)10-5-7-11(14)8-6-10/h5-8,14,16H,3-4,9H2,1-2H3. The summed E-state index contributed by atoms with van der Waals surface area (Å²) in [6, 6.07) is 6.19. The molecule has 0 bridgehead atoms. The van der Waals surface area contributed by atoms with Gasteiger partial charge in [-0.3, -0.25) is 4.79 Å². The van der Waals surface area contributed by atoms with E-state index in [1.807, 2.05) is 0 Å². The van der Waals surface area contributed by atoms with Gasteiger partial charge in [0.05, 0.1) is 18.6 Å². The van der Waals surface area contributed by atoms with Crippen molar-refractivity contribution in [2.24, 2.45) is 0 Å². The largest absolute Gasteiger partial charge is 0.508 e. The molecule has 1 rings (SSSR count). The van der Waals surface area contributed by atoms with Crippen LogP contribution in [-0.2, 0) is 15.1 Å². The van der Waals surface area contributed by atoms with Crippen LogP contribution in [0.2, 0.25) is 0 Å². The van der Waals surface area contributed by atoms with Gasteiger partial charge in [-0.15, -0.1) is 0 Å². The molecule has 17 heavy (non-hydrogen) atoms. The summed E-state index contributed by atoms with van der Waals surface area (Å²) in [6.45, 7) is 3.82. The Kier molecular flexibility index (Phi) is 4.52. The highest BCUT2D eigenvalue weighted by atomic mass is 16.5. The van der Waals surface area contributed by atoms with Crippen LogP contribution in [0.25, 0.3) is 0 Å². The van der Waals surface area contributed by atoms with Crippen molar-refractivity contribution in [3.8, 4) is 5.75 Å². The molecule has 0 amide bonds. The Labute approximate surface area is 101 Å². The minimum Gasteiger partial charge on any atom is -0.508 e. The molecule has 0 aliphatic rings. The van der Waals surface area contributed by atoms with Crippen LogP contribution in [0.4, 0.5) is 0 Å². The Morgan fingerprint density at radius 1 is 1.29 bits per heavy atom. The van der Waals surface area contributed by atoms with E-state index in [-0.39, 0.29) is 12.2 Å². The number of rotatable bonds is 5. The Balaban J connectivity index is 2.87. The SMILES string of the molecule is CCOC(=O)CC(O)(CC)c1ccc(O)cc1. The van der Waals surface area contributed by atoms with Crippen molar-refractivity contribution in [3.05, 3.63) is 29.8 Å². The van der Waals surface area contributed by atoms with E-state index >= 15 is 0 Å². The lowest BCUT2D eigenvalue weighted by atomic mass is 9.88. The first-order chi connectivity index (χ1) is 8.01. The number of aliphatic hydroxyl groups is 1. The summed E-state index contributed by atoms with van der Waals surface area (Å²) in [7, 11) is 0. The topological polar surface area (TPSA) is 66.8 Å². The van der Waals surface area contributed by atoms with Gasteiger partial charge in [0.1, 0.15) is 5.75 Å². The maximum absolute atomic E-state index is 11.4. The highest BCUT2D eigenvalue weighted by Gasteiger charge is 2.30. The molecule has 4 heteroatoms. The number of aromatic hydroxyl groups is 1. The Hall–Kier alpha value is -1.55. The molecular formula is C13H18O4. The van der Waals surface area contributed by atoms with Crippen LogP contribution in [0.1, 0.15) is 32.3 Å². The number of hydrogen-bond donors (Lipinski definition) is 2. The van der Waals surface area contributed by atoms with E-state index < -0.39 is 11.6 Å². The average molecular weight is 238 g/mol. The fraction of sp³-hybridized carbons (Fsp3) is 0.462. The van der Waals surface area contributed by atoms with E-state index in [0.717, 1.165) is 0 Å². The zero-order valence-electron chi connectivity index (χ0n) is 10.1. The van der Waals surface area contributed by atoms with Crippen molar-refractivity contribution < 1.29 is 19.7 Å². The summed E-state index contributed by atoms with van der Waals surface area (Å²) in [5, 5.41) is 19.6. The van der Waals surface area contributed by atoms with Gasteiger partial charge in [-0.2, -0.15) is 0 Å². The van der Waals surface area contributed by atoms with E-state index in [0.29, 0.717) is 18.6 Å². The summed E-state index contributed by atoms with van der Waals surface area (Å²) < 4.78 is 4.84. The van der Waals surface area contributed by atoms with Gasteiger partial charge in [-0.05, 0) is 31.0 Å². The third-order valence-corrected chi connectivity index (χ3v) is 2.73. The first kappa shape index (κ1) is 13.5. The molecule has 1 unspecified atom stereocenters. The molecule has 1 aromatic rings. The van der Waals surface area contributed by atoms with Gasteiger partial charge in [0, 0.05) is 0 Å². The number of carbonyl (C=O) groups is 1. The lowest BCUT2D eigenvalue weighted by Crippen LogP contribution is -2.29. The van der Waals surface area contributed by atoms with Crippen molar-refractivity contribution in [1.82, 2.24) is 0 Å². The molecule has 1 aromatic carbocycles. The van der Waals surface area contributed by atoms with Gasteiger partial charge in [-0.1, -0.05) is 19.1 Å². The van der Waals surface area contributed by atoms with Crippen LogP contribution in [0.3, 0.4) is 0 Å². The van der Waals surface area contributed by atoms with E-state index in [9.17, 15) is 15.0 Å². The Bertz CT molecular complexity index is 372. The van der Waals surface area contributed by atoms with Gasteiger partial charge in [0.25, 0.3) is 0 Å². The van der Waals surface area contributed by atoms with Crippen molar-refractivity contribution in [1.29, 1.82) is 0 Å². The summed E-state index contributed by atoms with van der Waals surface area (Å²) >= 11 is 0. The molecule has 0 fully saturated rings. The van der Waals surface area contributed by atoms with Gasteiger partial charge in [-0.25, -0.2) is 0 Å². The quantitative estimate of drug-likeness (QED) is 0.769.